The quantitative estimate of drug-likeness (QED) is 0.571. The van der Waals surface area contributed by atoms with Gasteiger partial charge < -0.3 is 18.9 Å². The maximum atomic E-state index is 11.8. The summed E-state index contributed by atoms with van der Waals surface area (Å²) in [6.45, 7) is 4.06. The van der Waals surface area contributed by atoms with Crippen molar-refractivity contribution in [2.75, 3.05) is 27.9 Å². The first kappa shape index (κ1) is 16.9. The van der Waals surface area contributed by atoms with Crippen molar-refractivity contribution >= 4 is 12.0 Å². The first-order chi connectivity index (χ1) is 10.1. The minimum absolute atomic E-state index is 0.339. The number of esters is 1. The third-order valence-corrected chi connectivity index (χ3v) is 2.87. The highest BCUT2D eigenvalue weighted by Gasteiger charge is 2.15. The van der Waals surface area contributed by atoms with Crippen LogP contribution < -0.4 is 14.2 Å². The van der Waals surface area contributed by atoms with Crippen LogP contribution in [0.25, 0.3) is 6.08 Å². The highest BCUT2D eigenvalue weighted by atomic mass is 16.5. The summed E-state index contributed by atoms with van der Waals surface area (Å²) in [5.41, 5.74) is 1.22. The molecule has 5 nitrogen and oxygen atoms in total. The fourth-order valence-electron chi connectivity index (χ4n) is 1.84. The van der Waals surface area contributed by atoms with Crippen molar-refractivity contribution in [2.45, 2.75) is 20.3 Å². The summed E-state index contributed by atoms with van der Waals surface area (Å²) in [5, 5.41) is 0. The number of ether oxygens (including phenoxy) is 4. The predicted octanol–water partition coefficient (Wildman–Crippen LogP) is 3.07. The van der Waals surface area contributed by atoms with Crippen LogP contribution >= 0.6 is 0 Å². The monoisotopic (exact) mass is 294 g/mol. The standard InChI is InChI=1S/C16H22O5/c1-6-9-21-16(17)11(2)10-12-7-8-13(18-3)15(20-5)14(12)19-4/h7-8,10H,6,9H2,1-5H3. The molecule has 0 N–H and O–H groups in total. The van der Waals surface area contributed by atoms with Crippen LogP contribution in [0.2, 0.25) is 0 Å². The molecule has 0 saturated heterocycles. The van der Waals surface area contributed by atoms with E-state index < -0.39 is 0 Å². The summed E-state index contributed by atoms with van der Waals surface area (Å²) in [6.07, 6.45) is 2.50. The smallest absolute Gasteiger partial charge is 0.333 e. The molecule has 1 aromatic carbocycles. The second-order valence-corrected chi connectivity index (χ2v) is 4.39. The van der Waals surface area contributed by atoms with E-state index in [0.29, 0.717) is 29.4 Å². The lowest BCUT2D eigenvalue weighted by molar-refractivity contribution is -0.138. The summed E-state index contributed by atoms with van der Waals surface area (Å²) < 4.78 is 21.0. The van der Waals surface area contributed by atoms with Gasteiger partial charge in [-0.25, -0.2) is 4.79 Å². The molecule has 0 aliphatic rings. The fourth-order valence-corrected chi connectivity index (χ4v) is 1.84. The van der Waals surface area contributed by atoms with E-state index in [9.17, 15) is 4.79 Å². The maximum absolute atomic E-state index is 11.8. The van der Waals surface area contributed by atoms with Crippen LogP contribution in [0.4, 0.5) is 0 Å². The molecule has 0 fully saturated rings. The third kappa shape index (κ3) is 4.15. The molecular weight excluding hydrogens is 272 g/mol. The Balaban J connectivity index is 3.15. The summed E-state index contributed by atoms with van der Waals surface area (Å²) >= 11 is 0. The molecule has 21 heavy (non-hydrogen) atoms. The van der Waals surface area contributed by atoms with Crippen molar-refractivity contribution in [1.82, 2.24) is 0 Å². The topological polar surface area (TPSA) is 54.0 Å². The zero-order valence-electron chi connectivity index (χ0n) is 13.2. The van der Waals surface area contributed by atoms with E-state index in [4.69, 9.17) is 18.9 Å². The Kier molecular flexibility index (Phi) is 6.59. The van der Waals surface area contributed by atoms with Gasteiger partial charge in [-0.2, -0.15) is 0 Å². The van der Waals surface area contributed by atoms with E-state index in [0.717, 1.165) is 12.0 Å². The highest BCUT2D eigenvalue weighted by Crippen LogP contribution is 2.40. The highest BCUT2D eigenvalue weighted by molar-refractivity contribution is 5.93. The average Bonchev–Trinajstić information content (AvgIpc) is 2.51. The van der Waals surface area contributed by atoms with Crippen molar-refractivity contribution in [2.24, 2.45) is 0 Å². The number of methoxy groups -OCH3 is 3. The van der Waals surface area contributed by atoms with E-state index in [1.807, 2.05) is 6.92 Å². The van der Waals surface area contributed by atoms with Gasteiger partial charge in [0, 0.05) is 11.1 Å². The fraction of sp³-hybridized carbons (Fsp3) is 0.438. The Labute approximate surface area is 125 Å². The van der Waals surface area contributed by atoms with Gasteiger partial charge in [-0.05, 0) is 31.6 Å². The molecule has 0 unspecified atom stereocenters. The molecule has 0 spiro atoms. The average molecular weight is 294 g/mol. The lowest BCUT2D eigenvalue weighted by atomic mass is 10.1. The van der Waals surface area contributed by atoms with E-state index in [1.165, 1.54) is 7.11 Å². The zero-order valence-corrected chi connectivity index (χ0v) is 13.2. The maximum Gasteiger partial charge on any atom is 0.333 e. The second kappa shape index (κ2) is 8.19. The number of hydrogen-bond acceptors (Lipinski definition) is 5. The molecule has 5 heteroatoms. The molecule has 0 bridgehead atoms. The van der Waals surface area contributed by atoms with Gasteiger partial charge in [0.25, 0.3) is 0 Å². The molecule has 1 aromatic rings. The lowest BCUT2D eigenvalue weighted by Crippen LogP contribution is -2.06. The van der Waals surface area contributed by atoms with E-state index in [-0.39, 0.29) is 5.97 Å². The first-order valence-corrected chi connectivity index (χ1v) is 6.73. The lowest BCUT2D eigenvalue weighted by Gasteiger charge is -2.14. The SMILES string of the molecule is CCCOC(=O)C(C)=Cc1ccc(OC)c(OC)c1OC. The van der Waals surface area contributed by atoms with Crippen LogP contribution in [-0.2, 0) is 9.53 Å². The number of benzene rings is 1. The van der Waals surface area contributed by atoms with Crippen LogP contribution in [0.15, 0.2) is 17.7 Å². The van der Waals surface area contributed by atoms with Gasteiger partial charge in [0.1, 0.15) is 0 Å². The molecule has 0 aliphatic heterocycles. The van der Waals surface area contributed by atoms with Gasteiger partial charge in [-0.1, -0.05) is 6.92 Å². The largest absolute Gasteiger partial charge is 0.493 e. The minimum atomic E-state index is -0.339. The first-order valence-electron chi connectivity index (χ1n) is 6.73. The van der Waals surface area contributed by atoms with Gasteiger partial charge in [0.15, 0.2) is 11.5 Å². The molecule has 1 rings (SSSR count). The Morgan fingerprint density at radius 1 is 1.10 bits per heavy atom. The van der Waals surface area contributed by atoms with Crippen molar-refractivity contribution < 1.29 is 23.7 Å². The minimum Gasteiger partial charge on any atom is -0.493 e. The van der Waals surface area contributed by atoms with Crippen LogP contribution in [0.3, 0.4) is 0 Å². The van der Waals surface area contributed by atoms with Gasteiger partial charge in [-0.3, -0.25) is 0 Å². The summed E-state index contributed by atoms with van der Waals surface area (Å²) in [4.78, 5) is 11.8. The second-order valence-electron chi connectivity index (χ2n) is 4.39. The molecular formula is C16H22O5. The normalized spacial score (nSPS) is 11.0. The molecule has 0 aromatic heterocycles. The van der Waals surface area contributed by atoms with E-state index in [1.54, 1.807) is 39.4 Å². The summed E-state index contributed by atoms with van der Waals surface area (Å²) in [5.74, 6) is 1.23. The van der Waals surface area contributed by atoms with Crippen LogP contribution in [0, 0.1) is 0 Å². The van der Waals surface area contributed by atoms with Gasteiger partial charge >= 0.3 is 5.97 Å². The molecule has 116 valence electrons. The summed E-state index contributed by atoms with van der Waals surface area (Å²) in [7, 11) is 4.63. The predicted molar refractivity (Wildman–Crippen MR) is 81.0 cm³/mol. The van der Waals surface area contributed by atoms with Crippen molar-refractivity contribution in [3.8, 4) is 17.2 Å². The van der Waals surface area contributed by atoms with Crippen LogP contribution in [-0.4, -0.2) is 33.9 Å². The van der Waals surface area contributed by atoms with Crippen molar-refractivity contribution in [3.63, 3.8) is 0 Å². The zero-order chi connectivity index (χ0) is 15.8. The van der Waals surface area contributed by atoms with Crippen LogP contribution in [0.1, 0.15) is 25.8 Å². The number of hydrogen-bond donors (Lipinski definition) is 0. The number of carbonyl (C=O) groups is 1. The van der Waals surface area contributed by atoms with Gasteiger partial charge in [0.05, 0.1) is 27.9 Å². The third-order valence-electron chi connectivity index (χ3n) is 2.87. The molecule has 0 atom stereocenters. The Morgan fingerprint density at radius 2 is 1.76 bits per heavy atom. The molecule has 0 heterocycles. The summed E-state index contributed by atoms with van der Waals surface area (Å²) in [6, 6.07) is 3.56. The molecule has 0 saturated carbocycles. The van der Waals surface area contributed by atoms with Gasteiger partial charge in [0.2, 0.25) is 5.75 Å². The van der Waals surface area contributed by atoms with E-state index in [2.05, 4.69) is 0 Å². The Bertz CT molecular complexity index is 520. The molecule has 0 radical (unpaired) electrons. The Hall–Kier alpha value is -2.17. The van der Waals surface area contributed by atoms with Gasteiger partial charge in [-0.15, -0.1) is 0 Å². The van der Waals surface area contributed by atoms with Crippen LogP contribution in [0.5, 0.6) is 17.2 Å². The number of rotatable bonds is 7. The van der Waals surface area contributed by atoms with Crippen molar-refractivity contribution in [3.05, 3.63) is 23.3 Å². The molecule has 0 aliphatic carbocycles. The number of carbonyl (C=O) groups excluding carboxylic acids is 1. The Morgan fingerprint density at radius 3 is 2.29 bits per heavy atom. The molecule has 0 amide bonds. The van der Waals surface area contributed by atoms with Crippen molar-refractivity contribution in [1.29, 1.82) is 0 Å². The van der Waals surface area contributed by atoms with E-state index >= 15 is 0 Å².